The molecule has 1 aromatic heterocycles. The number of carbonyl (C=O) groups is 1. The summed E-state index contributed by atoms with van der Waals surface area (Å²) in [5, 5.41) is 3.63. The van der Waals surface area contributed by atoms with E-state index < -0.39 is 0 Å². The first-order chi connectivity index (χ1) is 11.5. The van der Waals surface area contributed by atoms with E-state index in [4.69, 9.17) is 16.3 Å². The predicted octanol–water partition coefficient (Wildman–Crippen LogP) is 2.51. The van der Waals surface area contributed by atoms with Gasteiger partial charge in [-0.3, -0.25) is 9.59 Å². The number of carbonyl (C=O) groups excluding carboxylic acids is 1. The maximum absolute atomic E-state index is 12.4. The second kappa shape index (κ2) is 8.66. The summed E-state index contributed by atoms with van der Waals surface area (Å²) >= 11 is 5.87. The van der Waals surface area contributed by atoms with E-state index in [0.29, 0.717) is 30.2 Å². The van der Waals surface area contributed by atoms with Gasteiger partial charge in [0, 0.05) is 37.0 Å². The topological polar surface area (TPSA) is 60.3 Å². The number of halogens is 1. The molecule has 0 bridgehead atoms. The highest BCUT2D eigenvalue weighted by atomic mass is 35.5. The number of methoxy groups -OCH3 is 1. The first-order valence-corrected chi connectivity index (χ1v) is 8.12. The number of amides is 1. The van der Waals surface area contributed by atoms with E-state index in [0.717, 1.165) is 5.56 Å². The lowest BCUT2D eigenvalue weighted by Crippen LogP contribution is -2.35. The van der Waals surface area contributed by atoms with Gasteiger partial charge in [0.25, 0.3) is 11.5 Å². The van der Waals surface area contributed by atoms with Gasteiger partial charge in [0.05, 0.1) is 12.2 Å². The van der Waals surface area contributed by atoms with E-state index in [1.54, 1.807) is 13.3 Å². The molecule has 0 saturated carbocycles. The lowest BCUT2D eigenvalue weighted by molar-refractivity contribution is 0.0939. The number of rotatable bonds is 7. The summed E-state index contributed by atoms with van der Waals surface area (Å²) < 4.78 is 6.45. The number of ether oxygens (including phenoxy) is 1. The molecule has 0 aliphatic rings. The third kappa shape index (κ3) is 5.22. The molecule has 24 heavy (non-hydrogen) atoms. The van der Waals surface area contributed by atoms with Gasteiger partial charge >= 0.3 is 0 Å². The van der Waals surface area contributed by atoms with Gasteiger partial charge in [-0.05, 0) is 37.1 Å². The van der Waals surface area contributed by atoms with Gasteiger partial charge in [-0.15, -0.1) is 0 Å². The third-order valence-electron chi connectivity index (χ3n) is 3.61. The van der Waals surface area contributed by atoms with Crippen LogP contribution in [-0.4, -0.2) is 30.2 Å². The Bertz CT molecular complexity index is 741. The summed E-state index contributed by atoms with van der Waals surface area (Å²) in [4.78, 5) is 24.1. The quantitative estimate of drug-likeness (QED) is 0.836. The van der Waals surface area contributed by atoms with Crippen LogP contribution in [0.3, 0.4) is 0 Å². The molecular weight excluding hydrogens is 328 g/mol. The maximum Gasteiger partial charge on any atom is 0.252 e. The minimum absolute atomic E-state index is 0.0435. The van der Waals surface area contributed by atoms with E-state index in [9.17, 15) is 9.59 Å². The van der Waals surface area contributed by atoms with Gasteiger partial charge < -0.3 is 14.6 Å². The molecule has 1 aromatic carbocycles. The van der Waals surface area contributed by atoms with Crippen LogP contribution in [0, 0.1) is 0 Å². The Morgan fingerprint density at radius 3 is 2.62 bits per heavy atom. The van der Waals surface area contributed by atoms with Crippen LogP contribution in [0.1, 0.15) is 22.8 Å². The molecule has 2 aromatic rings. The first-order valence-electron chi connectivity index (χ1n) is 7.74. The zero-order valence-electron chi connectivity index (χ0n) is 13.8. The molecule has 128 valence electrons. The molecule has 0 unspecified atom stereocenters. The van der Waals surface area contributed by atoms with Crippen molar-refractivity contribution in [1.29, 1.82) is 0 Å². The number of aromatic nitrogens is 1. The van der Waals surface area contributed by atoms with E-state index in [1.807, 2.05) is 31.2 Å². The van der Waals surface area contributed by atoms with Gasteiger partial charge in [0.1, 0.15) is 0 Å². The molecule has 0 aliphatic heterocycles. The van der Waals surface area contributed by atoms with Crippen molar-refractivity contribution in [3.63, 3.8) is 0 Å². The zero-order valence-corrected chi connectivity index (χ0v) is 14.5. The van der Waals surface area contributed by atoms with Crippen molar-refractivity contribution in [2.24, 2.45) is 0 Å². The lowest BCUT2D eigenvalue weighted by Gasteiger charge is -2.15. The Morgan fingerprint density at radius 2 is 1.96 bits per heavy atom. The van der Waals surface area contributed by atoms with Crippen molar-refractivity contribution in [1.82, 2.24) is 9.88 Å². The number of nitrogens with zero attached hydrogens (tertiary/aromatic N) is 1. The second-order valence-electron chi connectivity index (χ2n) is 5.65. The highest BCUT2D eigenvalue weighted by Crippen LogP contribution is 2.11. The fourth-order valence-corrected chi connectivity index (χ4v) is 2.49. The van der Waals surface area contributed by atoms with Crippen LogP contribution in [0.2, 0.25) is 5.02 Å². The van der Waals surface area contributed by atoms with Crippen LogP contribution < -0.4 is 10.9 Å². The van der Waals surface area contributed by atoms with Gasteiger partial charge in [0.15, 0.2) is 0 Å². The Labute approximate surface area is 146 Å². The summed E-state index contributed by atoms with van der Waals surface area (Å²) in [5.74, 6) is -0.206. The highest BCUT2D eigenvalue weighted by Gasteiger charge is 2.11. The van der Waals surface area contributed by atoms with Gasteiger partial charge in [-0.25, -0.2) is 0 Å². The van der Waals surface area contributed by atoms with Crippen molar-refractivity contribution in [3.05, 3.63) is 69.1 Å². The monoisotopic (exact) mass is 348 g/mol. The van der Waals surface area contributed by atoms with Crippen LogP contribution in [0.4, 0.5) is 0 Å². The zero-order chi connectivity index (χ0) is 17.5. The van der Waals surface area contributed by atoms with E-state index in [-0.39, 0.29) is 17.5 Å². The molecule has 6 heteroatoms. The van der Waals surface area contributed by atoms with Gasteiger partial charge in [0.2, 0.25) is 0 Å². The van der Waals surface area contributed by atoms with Crippen molar-refractivity contribution >= 4 is 17.5 Å². The van der Waals surface area contributed by atoms with Crippen molar-refractivity contribution in [2.75, 3.05) is 13.7 Å². The molecule has 0 radical (unpaired) electrons. The van der Waals surface area contributed by atoms with E-state index in [2.05, 4.69) is 5.32 Å². The molecule has 5 nitrogen and oxygen atoms in total. The Balaban J connectivity index is 2.00. The SMILES string of the molecule is COCCn1cc(C(=O)N[C@@H](C)Cc2ccc(Cl)cc2)ccc1=O. The second-order valence-corrected chi connectivity index (χ2v) is 6.08. The van der Waals surface area contributed by atoms with E-state index >= 15 is 0 Å². The normalized spacial score (nSPS) is 12.0. The molecule has 1 N–H and O–H groups in total. The van der Waals surface area contributed by atoms with Crippen LogP contribution in [-0.2, 0) is 17.7 Å². The molecule has 1 amide bonds. The molecule has 1 atom stereocenters. The number of pyridine rings is 1. The van der Waals surface area contributed by atoms with Crippen molar-refractivity contribution < 1.29 is 9.53 Å². The third-order valence-corrected chi connectivity index (χ3v) is 3.87. The summed E-state index contributed by atoms with van der Waals surface area (Å²) in [7, 11) is 1.57. The molecule has 0 spiro atoms. The first kappa shape index (κ1) is 18.2. The van der Waals surface area contributed by atoms with Gasteiger partial charge in [-0.2, -0.15) is 0 Å². The van der Waals surface area contributed by atoms with Crippen LogP contribution in [0.15, 0.2) is 47.4 Å². The molecular formula is C18H21ClN2O3. The smallest absolute Gasteiger partial charge is 0.252 e. The largest absolute Gasteiger partial charge is 0.383 e. The van der Waals surface area contributed by atoms with Crippen LogP contribution in [0.5, 0.6) is 0 Å². The van der Waals surface area contributed by atoms with Crippen molar-refractivity contribution in [2.45, 2.75) is 25.9 Å². The summed E-state index contributed by atoms with van der Waals surface area (Å²) in [6, 6.07) is 10.4. The summed E-state index contributed by atoms with van der Waals surface area (Å²) in [6.07, 6.45) is 2.26. The Morgan fingerprint density at radius 1 is 1.25 bits per heavy atom. The molecule has 0 fully saturated rings. The summed E-state index contributed by atoms with van der Waals surface area (Å²) in [6.45, 7) is 2.77. The van der Waals surface area contributed by atoms with Crippen LogP contribution in [0.25, 0.3) is 0 Å². The molecule has 1 heterocycles. The number of nitrogens with one attached hydrogen (secondary N) is 1. The molecule has 2 rings (SSSR count). The maximum atomic E-state index is 12.4. The van der Waals surface area contributed by atoms with Gasteiger partial charge in [-0.1, -0.05) is 23.7 Å². The molecule has 0 saturated heterocycles. The fourth-order valence-electron chi connectivity index (χ4n) is 2.36. The number of benzene rings is 1. The fraction of sp³-hybridized carbons (Fsp3) is 0.333. The number of hydrogen-bond donors (Lipinski definition) is 1. The molecule has 0 aliphatic carbocycles. The Hall–Kier alpha value is -2.11. The average molecular weight is 349 g/mol. The highest BCUT2D eigenvalue weighted by molar-refractivity contribution is 6.30. The summed E-state index contributed by atoms with van der Waals surface area (Å²) in [5.41, 5.74) is 1.39. The predicted molar refractivity (Wildman–Crippen MR) is 94.7 cm³/mol. The standard InChI is InChI=1S/C18H21ClN2O3/c1-13(11-14-3-6-16(19)7-4-14)20-18(23)15-5-8-17(22)21(12-15)9-10-24-2/h3-8,12-13H,9-11H2,1-2H3,(H,20,23)/t13-/m0/s1. The number of hydrogen-bond acceptors (Lipinski definition) is 3. The average Bonchev–Trinajstić information content (AvgIpc) is 2.56. The van der Waals surface area contributed by atoms with E-state index in [1.165, 1.54) is 16.7 Å². The lowest BCUT2D eigenvalue weighted by atomic mass is 10.1. The Kier molecular flexibility index (Phi) is 6.58. The van der Waals surface area contributed by atoms with Crippen LogP contribution >= 0.6 is 11.6 Å². The minimum Gasteiger partial charge on any atom is -0.383 e. The minimum atomic E-state index is -0.206. The van der Waals surface area contributed by atoms with Crippen molar-refractivity contribution in [3.8, 4) is 0 Å².